The van der Waals surface area contributed by atoms with Gasteiger partial charge in [-0.1, -0.05) is 23.7 Å². The van der Waals surface area contributed by atoms with Crippen LogP contribution >= 0.6 is 11.6 Å². The van der Waals surface area contributed by atoms with Crippen LogP contribution in [0.3, 0.4) is 0 Å². The molecule has 0 spiro atoms. The van der Waals surface area contributed by atoms with E-state index in [2.05, 4.69) is 11.5 Å². The van der Waals surface area contributed by atoms with Crippen LogP contribution in [-0.2, 0) is 4.79 Å². The second kappa shape index (κ2) is 7.64. The zero-order valence-electron chi connectivity index (χ0n) is 11.0. The van der Waals surface area contributed by atoms with Gasteiger partial charge in [-0.3, -0.25) is 0 Å². The minimum absolute atomic E-state index is 0.637. The van der Waals surface area contributed by atoms with Gasteiger partial charge in [-0.05, 0) is 36.6 Å². The van der Waals surface area contributed by atoms with E-state index >= 15 is 0 Å². The first-order valence-electron chi connectivity index (χ1n) is 6.07. The van der Waals surface area contributed by atoms with Crippen molar-refractivity contribution in [2.45, 2.75) is 12.8 Å². The summed E-state index contributed by atoms with van der Waals surface area (Å²) in [4.78, 5) is 12.7. The van der Waals surface area contributed by atoms with Gasteiger partial charge in [-0.25, -0.2) is 4.79 Å². The number of benzene rings is 1. The van der Waals surface area contributed by atoms with Crippen LogP contribution in [0.15, 0.2) is 36.9 Å². The van der Waals surface area contributed by atoms with Gasteiger partial charge in [0, 0.05) is 30.4 Å². The Morgan fingerprint density at radius 3 is 2.89 bits per heavy atom. The minimum Gasteiger partial charge on any atom is -0.478 e. The zero-order valence-corrected chi connectivity index (χ0v) is 11.7. The van der Waals surface area contributed by atoms with E-state index in [9.17, 15) is 4.79 Å². The van der Waals surface area contributed by atoms with Crippen molar-refractivity contribution < 1.29 is 9.90 Å². The molecule has 0 amide bonds. The molecule has 0 saturated heterocycles. The van der Waals surface area contributed by atoms with Gasteiger partial charge in [0.15, 0.2) is 0 Å². The smallest absolute Gasteiger partial charge is 0.328 e. The molecule has 1 N–H and O–H groups in total. The molecule has 1 rings (SSSR count). The van der Waals surface area contributed by atoms with Crippen molar-refractivity contribution in [3.63, 3.8) is 0 Å². The van der Waals surface area contributed by atoms with Crippen LogP contribution in [0.4, 0.5) is 5.69 Å². The third-order valence-corrected chi connectivity index (χ3v) is 2.95. The fourth-order valence-electron chi connectivity index (χ4n) is 1.74. The highest BCUT2D eigenvalue weighted by Crippen LogP contribution is 2.25. The number of hydrogen-bond donors (Lipinski definition) is 1. The Bertz CT molecular complexity index is 483. The van der Waals surface area contributed by atoms with Gasteiger partial charge in [0.1, 0.15) is 0 Å². The van der Waals surface area contributed by atoms with E-state index in [1.807, 2.05) is 25.3 Å². The molecule has 102 valence electrons. The summed E-state index contributed by atoms with van der Waals surface area (Å²) in [6, 6.07) is 5.42. The Labute approximate surface area is 118 Å². The highest BCUT2D eigenvalue weighted by Gasteiger charge is 2.06. The van der Waals surface area contributed by atoms with Gasteiger partial charge in [-0.15, -0.1) is 6.58 Å². The summed E-state index contributed by atoms with van der Waals surface area (Å²) in [5, 5.41) is 9.33. The van der Waals surface area contributed by atoms with Crippen molar-refractivity contribution in [1.82, 2.24) is 0 Å². The molecule has 0 unspecified atom stereocenters. The van der Waals surface area contributed by atoms with E-state index in [-0.39, 0.29) is 0 Å². The number of aliphatic carboxylic acids is 1. The van der Waals surface area contributed by atoms with E-state index < -0.39 is 5.97 Å². The molecule has 1 aromatic carbocycles. The lowest BCUT2D eigenvalue weighted by Crippen LogP contribution is -2.19. The summed E-state index contributed by atoms with van der Waals surface area (Å²) in [7, 11) is 1.97. The average Bonchev–Trinajstić information content (AvgIpc) is 2.37. The Morgan fingerprint density at radius 1 is 1.53 bits per heavy atom. The standard InChI is InChI=1S/C15H18ClNO2/c1-3-4-5-10-17(2)14-11-13(16)8-6-12(14)7-9-15(18)19/h3,6-9,11H,1,4-5,10H2,2H3,(H,18,19)/b9-7+. The molecule has 0 aromatic heterocycles. The predicted octanol–water partition coefficient (Wildman–Crippen LogP) is 3.84. The third kappa shape index (κ3) is 5.18. The summed E-state index contributed by atoms with van der Waals surface area (Å²) < 4.78 is 0. The van der Waals surface area contributed by atoms with Gasteiger partial charge in [-0.2, -0.15) is 0 Å². The van der Waals surface area contributed by atoms with Gasteiger partial charge in [0.05, 0.1) is 0 Å². The maximum absolute atomic E-state index is 10.6. The first-order chi connectivity index (χ1) is 9.04. The normalized spacial score (nSPS) is 10.6. The molecule has 0 atom stereocenters. The van der Waals surface area contributed by atoms with Crippen LogP contribution in [0.5, 0.6) is 0 Å². The monoisotopic (exact) mass is 279 g/mol. The molecule has 0 heterocycles. The molecule has 0 bridgehead atoms. The number of halogens is 1. The number of unbranched alkanes of at least 4 members (excludes halogenated alkanes) is 1. The maximum atomic E-state index is 10.6. The summed E-state index contributed by atoms with van der Waals surface area (Å²) in [5.41, 5.74) is 1.77. The second-order valence-electron chi connectivity index (χ2n) is 4.23. The number of carboxylic acid groups (broad SMARTS) is 1. The van der Waals surface area contributed by atoms with Crippen LogP contribution in [-0.4, -0.2) is 24.7 Å². The predicted molar refractivity (Wildman–Crippen MR) is 80.8 cm³/mol. The number of allylic oxidation sites excluding steroid dienone is 1. The summed E-state index contributed by atoms with van der Waals surface area (Å²) >= 11 is 6.00. The van der Waals surface area contributed by atoms with Crippen LogP contribution < -0.4 is 4.90 Å². The number of carboxylic acids is 1. The van der Waals surface area contributed by atoms with Gasteiger partial charge in [0.25, 0.3) is 0 Å². The van der Waals surface area contributed by atoms with Crippen molar-refractivity contribution in [2.75, 3.05) is 18.5 Å². The highest BCUT2D eigenvalue weighted by molar-refractivity contribution is 6.31. The molecule has 0 aliphatic heterocycles. The molecular formula is C15H18ClNO2. The second-order valence-corrected chi connectivity index (χ2v) is 4.66. The molecule has 0 aliphatic carbocycles. The van der Waals surface area contributed by atoms with E-state index in [0.717, 1.165) is 36.7 Å². The lowest BCUT2D eigenvalue weighted by atomic mass is 10.1. The molecule has 1 aromatic rings. The van der Waals surface area contributed by atoms with Crippen molar-refractivity contribution in [3.8, 4) is 0 Å². The Balaban J connectivity index is 2.92. The third-order valence-electron chi connectivity index (χ3n) is 2.71. The summed E-state index contributed by atoms with van der Waals surface area (Å²) in [5.74, 6) is -0.963. The first kappa shape index (κ1) is 15.3. The van der Waals surface area contributed by atoms with E-state index in [4.69, 9.17) is 16.7 Å². The van der Waals surface area contributed by atoms with Crippen molar-refractivity contribution in [2.24, 2.45) is 0 Å². The molecule has 0 aliphatic rings. The molecule has 19 heavy (non-hydrogen) atoms. The van der Waals surface area contributed by atoms with Gasteiger partial charge < -0.3 is 10.0 Å². The van der Waals surface area contributed by atoms with Crippen LogP contribution in [0.25, 0.3) is 6.08 Å². The highest BCUT2D eigenvalue weighted by atomic mass is 35.5. The van der Waals surface area contributed by atoms with E-state index in [1.165, 1.54) is 0 Å². The molecule has 3 nitrogen and oxygen atoms in total. The lowest BCUT2D eigenvalue weighted by Gasteiger charge is -2.21. The van der Waals surface area contributed by atoms with Gasteiger partial charge in [0.2, 0.25) is 0 Å². The molecular weight excluding hydrogens is 262 g/mol. The quantitative estimate of drug-likeness (QED) is 0.468. The topological polar surface area (TPSA) is 40.5 Å². The Morgan fingerprint density at radius 2 is 2.26 bits per heavy atom. The van der Waals surface area contributed by atoms with Crippen LogP contribution in [0.2, 0.25) is 5.02 Å². The molecule has 4 heteroatoms. The van der Waals surface area contributed by atoms with Crippen molar-refractivity contribution >= 4 is 29.3 Å². The molecule has 0 radical (unpaired) electrons. The Hall–Kier alpha value is -1.74. The van der Waals surface area contributed by atoms with Crippen LogP contribution in [0.1, 0.15) is 18.4 Å². The van der Waals surface area contributed by atoms with Crippen LogP contribution in [0, 0.1) is 0 Å². The van der Waals surface area contributed by atoms with Gasteiger partial charge >= 0.3 is 5.97 Å². The maximum Gasteiger partial charge on any atom is 0.328 e. The van der Waals surface area contributed by atoms with E-state index in [0.29, 0.717) is 5.02 Å². The number of carbonyl (C=O) groups is 1. The SMILES string of the molecule is C=CCCCN(C)c1cc(Cl)ccc1/C=C/C(=O)O. The zero-order chi connectivity index (χ0) is 14.3. The number of hydrogen-bond acceptors (Lipinski definition) is 2. The number of nitrogens with zero attached hydrogens (tertiary/aromatic N) is 1. The van der Waals surface area contributed by atoms with Crippen molar-refractivity contribution in [1.29, 1.82) is 0 Å². The lowest BCUT2D eigenvalue weighted by molar-refractivity contribution is -0.131. The van der Waals surface area contributed by atoms with E-state index in [1.54, 1.807) is 12.1 Å². The largest absolute Gasteiger partial charge is 0.478 e. The minimum atomic E-state index is -0.963. The fraction of sp³-hybridized carbons (Fsp3) is 0.267. The number of rotatable bonds is 7. The average molecular weight is 280 g/mol. The summed E-state index contributed by atoms with van der Waals surface area (Å²) in [6.07, 6.45) is 6.54. The van der Waals surface area contributed by atoms with Crippen molar-refractivity contribution in [3.05, 3.63) is 47.5 Å². The molecule has 0 saturated carbocycles. The summed E-state index contributed by atoms with van der Waals surface area (Å²) in [6.45, 7) is 4.56. The molecule has 0 fully saturated rings. The first-order valence-corrected chi connectivity index (χ1v) is 6.45. The Kier molecular flexibility index (Phi) is 6.16. The fourth-order valence-corrected chi connectivity index (χ4v) is 1.91. The number of anilines is 1.